The van der Waals surface area contributed by atoms with Crippen LogP contribution in [0.1, 0.15) is 12.3 Å². The minimum Gasteiger partial charge on any atom is -0.416 e. The van der Waals surface area contributed by atoms with Crippen LogP contribution in [0, 0.1) is 12.8 Å². The molecular formula is C16H20N4O2S. The quantitative estimate of drug-likeness (QED) is 0.817. The summed E-state index contributed by atoms with van der Waals surface area (Å²) < 4.78 is 5.23. The van der Waals surface area contributed by atoms with Gasteiger partial charge < -0.3 is 14.6 Å². The Hall–Kier alpha value is -2.02. The SMILES string of the molecule is Cc1nnc(SCC(=O)NC[C@@H]2CCN(c3ccccc3)C2)o1. The Bertz CT molecular complexity index is 647. The van der Waals surface area contributed by atoms with Crippen molar-refractivity contribution < 1.29 is 9.21 Å². The number of hydrogen-bond acceptors (Lipinski definition) is 6. The predicted octanol–water partition coefficient (Wildman–Crippen LogP) is 2.11. The number of benzene rings is 1. The van der Waals surface area contributed by atoms with E-state index in [1.807, 2.05) is 6.07 Å². The average molecular weight is 332 g/mol. The number of nitrogens with one attached hydrogen (secondary N) is 1. The molecule has 0 saturated carbocycles. The Labute approximate surface area is 139 Å². The third kappa shape index (κ3) is 4.48. The van der Waals surface area contributed by atoms with E-state index < -0.39 is 0 Å². The van der Waals surface area contributed by atoms with Gasteiger partial charge in [-0.15, -0.1) is 10.2 Å². The van der Waals surface area contributed by atoms with Crippen molar-refractivity contribution in [2.75, 3.05) is 30.3 Å². The van der Waals surface area contributed by atoms with Crippen molar-refractivity contribution in [1.29, 1.82) is 0 Å². The minimum absolute atomic E-state index is 0.00372. The molecule has 1 atom stereocenters. The van der Waals surface area contributed by atoms with E-state index in [0.717, 1.165) is 19.5 Å². The molecule has 1 amide bonds. The number of rotatable bonds is 6. The number of amides is 1. The van der Waals surface area contributed by atoms with Crippen LogP contribution in [0.5, 0.6) is 0 Å². The molecule has 122 valence electrons. The smallest absolute Gasteiger partial charge is 0.277 e. The number of para-hydroxylation sites is 1. The van der Waals surface area contributed by atoms with Gasteiger partial charge in [-0.25, -0.2) is 0 Å². The predicted molar refractivity (Wildman–Crippen MR) is 89.5 cm³/mol. The van der Waals surface area contributed by atoms with E-state index in [-0.39, 0.29) is 5.91 Å². The number of aromatic nitrogens is 2. The summed E-state index contributed by atoms with van der Waals surface area (Å²) in [7, 11) is 0. The lowest BCUT2D eigenvalue weighted by molar-refractivity contribution is -0.118. The summed E-state index contributed by atoms with van der Waals surface area (Å²) in [5.41, 5.74) is 1.25. The highest BCUT2D eigenvalue weighted by atomic mass is 32.2. The zero-order chi connectivity index (χ0) is 16.1. The standard InChI is InChI=1S/C16H20N4O2S/c1-12-18-19-16(22-12)23-11-15(21)17-9-13-7-8-20(10-13)14-5-3-2-4-6-14/h2-6,13H,7-11H2,1H3,(H,17,21)/t13-/m0/s1. The first-order valence-electron chi connectivity index (χ1n) is 7.70. The maximum atomic E-state index is 11.9. The van der Waals surface area contributed by atoms with Gasteiger partial charge in [0, 0.05) is 32.2 Å². The average Bonchev–Trinajstić information content (AvgIpc) is 3.21. The number of anilines is 1. The second-order valence-corrected chi connectivity index (χ2v) is 6.54. The molecule has 1 aliphatic rings. The molecule has 0 unspecified atom stereocenters. The molecule has 0 spiro atoms. The van der Waals surface area contributed by atoms with Crippen LogP contribution in [0.25, 0.3) is 0 Å². The fraction of sp³-hybridized carbons (Fsp3) is 0.438. The van der Waals surface area contributed by atoms with Crippen LogP contribution in [0.2, 0.25) is 0 Å². The first-order chi connectivity index (χ1) is 11.2. The van der Waals surface area contributed by atoms with Crippen LogP contribution < -0.4 is 10.2 Å². The highest BCUT2D eigenvalue weighted by Crippen LogP contribution is 2.23. The van der Waals surface area contributed by atoms with Crippen LogP contribution in [0.4, 0.5) is 5.69 Å². The summed E-state index contributed by atoms with van der Waals surface area (Å²) in [6.45, 7) is 4.47. The number of carbonyl (C=O) groups excluding carboxylic acids is 1. The van der Waals surface area contributed by atoms with E-state index in [4.69, 9.17) is 4.42 Å². The number of nitrogens with zero attached hydrogens (tertiary/aromatic N) is 3. The second-order valence-electron chi connectivity index (χ2n) is 5.62. The van der Waals surface area contributed by atoms with E-state index in [2.05, 4.69) is 44.7 Å². The van der Waals surface area contributed by atoms with Crippen molar-refractivity contribution in [3.63, 3.8) is 0 Å². The molecule has 7 heteroatoms. The van der Waals surface area contributed by atoms with E-state index in [9.17, 15) is 4.79 Å². The van der Waals surface area contributed by atoms with Crippen LogP contribution in [-0.2, 0) is 4.79 Å². The molecule has 6 nitrogen and oxygen atoms in total. The summed E-state index contributed by atoms with van der Waals surface area (Å²) in [6, 6.07) is 10.4. The summed E-state index contributed by atoms with van der Waals surface area (Å²) in [5.74, 6) is 1.32. The minimum atomic E-state index is 0.00372. The highest BCUT2D eigenvalue weighted by molar-refractivity contribution is 7.99. The molecule has 23 heavy (non-hydrogen) atoms. The summed E-state index contributed by atoms with van der Waals surface area (Å²) >= 11 is 1.27. The van der Waals surface area contributed by atoms with Gasteiger partial charge in [-0.3, -0.25) is 4.79 Å². The number of aryl methyl sites for hydroxylation is 1. The zero-order valence-corrected chi connectivity index (χ0v) is 13.9. The van der Waals surface area contributed by atoms with Crippen LogP contribution in [0.15, 0.2) is 40.0 Å². The molecule has 1 aliphatic heterocycles. The lowest BCUT2D eigenvalue weighted by atomic mass is 10.1. The fourth-order valence-corrected chi connectivity index (χ4v) is 3.28. The molecule has 3 rings (SSSR count). The third-order valence-electron chi connectivity index (χ3n) is 3.83. The maximum Gasteiger partial charge on any atom is 0.277 e. The molecule has 2 aromatic rings. The van der Waals surface area contributed by atoms with Gasteiger partial charge in [0.05, 0.1) is 5.75 Å². The second kappa shape index (κ2) is 7.50. The van der Waals surface area contributed by atoms with Gasteiger partial charge in [-0.1, -0.05) is 30.0 Å². The van der Waals surface area contributed by atoms with E-state index in [1.54, 1.807) is 6.92 Å². The van der Waals surface area contributed by atoms with Gasteiger partial charge in [0.2, 0.25) is 11.8 Å². The van der Waals surface area contributed by atoms with Gasteiger partial charge in [0.15, 0.2) is 0 Å². The fourth-order valence-electron chi connectivity index (χ4n) is 2.65. The lowest BCUT2D eigenvalue weighted by Crippen LogP contribution is -2.32. The molecule has 1 saturated heterocycles. The zero-order valence-electron chi connectivity index (χ0n) is 13.1. The molecule has 2 heterocycles. The van der Waals surface area contributed by atoms with E-state index >= 15 is 0 Å². The van der Waals surface area contributed by atoms with Gasteiger partial charge in [-0.2, -0.15) is 0 Å². The molecule has 0 bridgehead atoms. The maximum absolute atomic E-state index is 11.9. The topological polar surface area (TPSA) is 71.3 Å². The number of hydrogen-bond donors (Lipinski definition) is 1. The molecule has 0 radical (unpaired) electrons. The summed E-state index contributed by atoms with van der Waals surface area (Å²) in [4.78, 5) is 14.3. The van der Waals surface area contributed by atoms with Crippen molar-refractivity contribution in [2.24, 2.45) is 5.92 Å². The summed E-state index contributed by atoms with van der Waals surface area (Å²) in [5, 5.41) is 11.0. The van der Waals surface area contributed by atoms with Crippen LogP contribution in [-0.4, -0.2) is 41.5 Å². The normalized spacial score (nSPS) is 17.4. The van der Waals surface area contributed by atoms with Crippen LogP contribution in [0.3, 0.4) is 0 Å². The summed E-state index contributed by atoms with van der Waals surface area (Å²) in [6.07, 6.45) is 1.10. The number of carbonyl (C=O) groups is 1. The molecule has 1 fully saturated rings. The largest absolute Gasteiger partial charge is 0.416 e. The Morgan fingerprint density at radius 2 is 2.22 bits per heavy atom. The van der Waals surface area contributed by atoms with Crippen molar-refractivity contribution in [3.8, 4) is 0 Å². The van der Waals surface area contributed by atoms with Crippen molar-refractivity contribution >= 4 is 23.4 Å². The third-order valence-corrected chi connectivity index (χ3v) is 4.65. The Balaban J connectivity index is 1.38. The van der Waals surface area contributed by atoms with Gasteiger partial charge >= 0.3 is 0 Å². The van der Waals surface area contributed by atoms with E-state index in [1.165, 1.54) is 17.4 Å². The number of thioether (sulfide) groups is 1. The van der Waals surface area contributed by atoms with Gasteiger partial charge in [0.1, 0.15) is 0 Å². The van der Waals surface area contributed by atoms with Gasteiger partial charge in [-0.05, 0) is 24.5 Å². The van der Waals surface area contributed by atoms with Crippen molar-refractivity contribution in [3.05, 3.63) is 36.2 Å². The van der Waals surface area contributed by atoms with E-state index in [0.29, 0.717) is 29.3 Å². The first kappa shape index (κ1) is 15.9. The van der Waals surface area contributed by atoms with Crippen molar-refractivity contribution in [2.45, 2.75) is 18.6 Å². The molecule has 0 aliphatic carbocycles. The van der Waals surface area contributed by atoms with Crippen LogP contribution >= 0.6 is 11.8 Å². The molecule has 1 aromatic carbocycles. The lowest BCUT2D eigenvalue weighted by Gasteiger charge is -2.18. The monoisotopic (exact) mass is 332 g/mol. The van der Waals surface area contributed by atoms with Gasteiger partial charge in [0.25, 0.3) is 5.22 Å². The molecule has 1 aromatic heterocycles. The first-order valence-corrected chi connectivity index (χ1v) is 8.69. The molecular weight excluding hydrogens is 312 g/mol. The Kier molecular flexibility index (Phi) is 5.17. The Morgan fingerprint density at radius 3 is 2.96 bits per heavy atom. The Morgan fingerprint density at radius 1 is 1.39 bits per heavy atom. The molecule has 1 N–H and O–H groups in total. The highest BCUT2D eigenvalue weighted by Gasteiger charge is 2.23. The van der Waals surface area contributed by atoms with Crippen molar-refractivity contribution in [1.82, 2.24) is 15.5 Å².